The number of carbonyl (C=O) groups is 3. The van der Waals surface area contributed by atoms with E-state index in [2.05, 4.69) is 5.32 Å². The summed E-state index contributed by atoms with van der Waals surface area (Å²) in [6, 6.07) is 4.18. The Balaban J connectivity index is 2.66. The number of primary amides is 1. The van der Waals surface area contributed by atoms with E-state index in [1.54, 1.807) is 6.92 Å². The summed E-state index contributed by atoms with van der Waals surface area (Å²) in [5, 5.41) is 11.1. The Morgan fingerprint density at radius 3 is 2.48 bits per heavy atom. The van der Waals surface area contributed by atoms with Crippen molar-refractivity contribution in [2.75, 3.05) is 25.0 Å². The maximum Gasteiger partial charge on any atom is 0.317 e. The van der Waals surface area contributed by atoms with Gasteiger partial charge in [0, 0.05) is 5.69 Å². The van der Waals surface area contributed by atoms with Gasteiger partial charge in [0.2, 0.25) is 11.8 Å². The summed E-state index contributed by atoms with van der Waals surface area (Å²) in [7, 11) is 0. The van der Waals surface area contributed by atoms with E-state index in [1.165, 1.54) is 12.1 Å². The number of nitrogens with zero attached hydrogens (tertiary/aromatic N) is 1. The zero-order valence-electron chi connectivity index (χ0n) is 11.4. The number of hydrogen-bond donors (Lipinski definition) is 3. The van der Waals surface area contributed by atoms with Gasteiger partial charge in [-0.3, -0.25) is 19.3 Å². The maximum atomic E-state index is 13.3. The molecule has 0 aliphatic carbocycles. The number of hydrogen-bond acceptors (Lipinski definition) is 4. The zero-order valence-corrected chi connectivity index (χ0v) is 11.4. The molecule has 0 unspecified atom stereocenters. The van der Waals surface area contributed by atoms with Crippen LogP contribution >= 0.6 is 0 Å². The van der Waals surface area contributed by atoms with Crippen LogP contribution in [0.2, 0.25) is 0 Å². The molecule has 0 saturated carbocycles. The van der Waals surface area contributed by atoms with Crippen molar-refractivity contribution in [3.05, 3.63) is 29.6 Å². The van der Waals surface area contributed by atoms with Gasteiger partial charge in [-0.25, -0.2) is 4.39 Å². The Morgan fingerprint density at radius 1 is 1.29 bits per heavy atom. The number of halogens is 1. The molecule has 1 aromatic carbocycles. The molecule has 2 amide bonds. The molecule has 8 heteroatoms. The fourth-order valence-electron chi connectivity index (χ4n) is 1.65. The summed E-state index contributed by atoms with van der Waals surface area (Å²) in [6.45, 7) is 0.383. The van der Waals surface area contributed by atoms with Gasteiger partial charge in [-0.2, -0.15) is 0 Å². The molecule has 0 saturated heterocycles. The van der Waals surface area contributed by atoms with Gasteiger partial charge in [0.15, 0.2) is 0 Å². The van der Waals surface area contributed by atoms with Gasteiger partial charge in [0.1, 0.15) is 5.82 Å². The molecule has 0 aliphatic rings. The number of carbonyl (C=O) groups excluding carboxylic acids is 2. The van der Waals surface area contributed by atoms with E-state index in [4.69, 9.17) is 10.8 Å². The van der Waals surface area contributed by atoms with Crippen molar-refractivity contribution in [3.63, 3.8) is 0 Å². The van der Waals surface area contributed by atoms with E-state index >= 15 is 0 Å². The van der Waals surface area contributed by atoms with Crippen LogP contribution in [0.1, 0.15) is 5.56 Å². The number of nitrogens with one attached hydrogen (secondary N) is 1. The molecule has 0 heterocycles. The van der Waals surface area contributed by atoms with Gasteiger partial charge in [-0.15, -0.1) is 0 Å². The first-order valence-electron chi connectivity index (χ1n) is 6.06. The predicted molar refractivity (Wildman–Crippen MR) is 73.0 cm³/mol. The standard InChI is InChI=1S/C13H16FN3O4/c1-8-2-3-9(4-10(8)14)16-12(19)6-17(5-11(15)18)7-13(20)21/h2-4H,5-7H2,1H3,(H2,15,18)(H,16,19)(H,20,21). The first kappa shape index (κ1) is 16.6. The minimum absolute atomic E-state index is 0.248. The molecular formula is C13H16FN3O4. The molecule has 1 rings (SSSR count). The minimum atomic E-state index is -1.19. The molecule has 0 fully saturated rings. The second-order valence-electron chi connectivity index (χ2n) is 4.52. The lowest BCUT2D eigenvalue weighted by molar-refractivity contribution is -0.138. The normalized spacial score (nSPS) is 10.4. The smallest absolute Gasteiger partial charge is 0.317 e. The molecule has 0 aliphatic heterocycles. The lowest BCUT2D eigenvalue weighted by atomic mass is 10.2. The van der Waals surface area contributed by atoms with Gasteiger partial charge in [-0.1, -0.05) is 6.07 Å². The molecule has 21 heavy (non-hydrogen) atoms. The quantitative estimate of drug-likeness (QED) is 0.653. The van der Waals surface area contributed by atoms with Crippen molar-refractivity contribution in [1.82, 2.24) is 4.90 Å². The monoisotopic (exact) mass is 297 g/mol. The van der Waals surface area contributed by atoms with E-state index in [1.807, 2.05) is 0 Å². The van der Waals surface area contributed by atoms with Crippen LogP contribution in [-0.4, -0.2) is 47.4 Å². The van der Waals surface area contributed by atoms with Crippen LogP contribution in [0.3, 0.4) is 0 Å². The number of carboxylic acid groups (broad SMARTS) is 1. The Kier molecular flexibility index (Phi) is 5.79. The Labute approximate surface area is 120 Å². The van der Waals surface area contributed by atoms with Crippen LogP contribution in [0, 0.1) is 12.7 Å². The maximum absolute atomic E-state index is 13.3. The van der Waals surface area contributed by atoms with E-state index in [-0.39, 0.29) is 18.8 Å². The highest BCUT2D eigenvalue weighted by Gasteiger charge is 2.16. The number of aliphatic carboxylic acids is 1. The summed E-state index contributed by atoms with van der Waals surface area (Å²) < 4.78 is 13.3. The Hall–Kier alpha value is -2.48. The largest absolute Gasteiger partial charge is 0.480 e. The Bertz CT molecular complexity index is 546. The van der Waals surface area contributed by atoms with Crippen LogP contribution in [0.5, 0.6) is 0 Å². The number of rotatable bonds is 7. The number of aryl methyl sites for hydroxylation is 1. The Morgan fingerprint density at radius 2 is 1.95 bits per heavy atom. The van der Waals surface area contributed by atoms with E-state index < -0.39 is 30.1 Å². The summed E-state index contributed by atoms with van der Waals surface area (Å²) in [6.07, 6.45) is 0. The van der Waals surface area contributed by atoms with E-state index in [9.17, 15) is 18.8 Å². The average Bonchev–Trinajstić information content (AvgIpc) is 2.31. The number of benzene rings is 1. The predicted octanol–water partition coefficient (Wildman–Crippen LogP) is -0.0555. The third kappa shape index (κ3) is 6.00. The van der Waals surface area contributed by atoms with Crippen LogP contribution in [0.25, 0.3) is 0 Å². The van der Waals surface area contributed by atoms with Crippen molar-refractivity contribution in [1.29, 1.82) is 0 Å². The second-order valence-corrected chi connectivity index (χ2v) is 4.52. The fourth-order valence-corrected chi connectivity index (χ4v) is 1.65. The summed E-state index contributed by atoms with van der Waals surface area (Å²) in [5.74, 6) is -2.97. The number of anilines is 1. The van der Waals surface area contributed by atoms with Gasteiger partial charge in [0.05, 0.1) is 19.6 Å². The van der Waals surface area contributed by atoms with Crippen molar-refractivity contribution >= 4 is 23.5 Å². The van der Waals surface area contributed by atoms with Crippen LogP contribution in [0.15, 0.2) is 18.2 Å². The van der Waals surface area contributed by atoms with E-state index in [0.29, 0.717) is 5.56 Å². The second kappa shape index (κ2) is 7.34. The molecule has 0 aromatic heterocycles. The summed E-state index contributed by atoms with van der Waals surface area (Å²) in [4.78, 5) is 34.3. The number of carboxylic acids is 1. The van der Waals surface area contributed by atoms with Crippen molar-refractivity contribution in [3.8, 4) is 0 Å². The summed E-state index contributed by atoms with van der Waals surface area (Å²) in [5.41, 5.74) is 5.67. The van der Waals surface area contributed by atoms with Gasteiger partial charge in [0.25, 0.3) is 0 Å². The SMILES string of the molecule is Cc1ccc(NC(=O)CN(CC(N)=O)CC(=O)O)cc1F. The number of amides is 2. The molecule has 7 nitrogen and oxygen atoms in total. The topological polar surface area (TPSA) is 113 Å². The van der Waals surface area contributed by atoms with Gasteiger partial charge >= 0.3 is 5.97 Å². The first-order valence-corrected chi connectivity index (χ1v) is 6.06. The van der Waals surface area contributed by atoms with Crippen molar-refractivity contribution in [2.45, 2.75) is 6.92 Å². The fraction of sp³-hybridized carbons (Fsp3) is 0.308. The molecule has 1 aromatic rings. The summed E-state index contributed by atoms with van der Waals surface area (Å²) >= 11 is 0. The molecule has 4 N–H and O–H groups in total. The zero-order chi connectivity index (χ0) is 16.0. The molecule has 0 bridgehead atoms. The molecule has 0 radical (unpaired) electrons. The van der Waals surface area contributed by atoms with Crippen molar-refractivity contribution in [2.24, 2.45) is 5.73 Å². The highest BCUT2D eigenvalue weighted by atomic mass is 19.1. The third-order valence-electron chi connectivity index (χ3n) is 2.56. The van der Waals surface area contributed by atoms with Crippen LogP contribution in [0.4, 0.5) is 10.1 Å². The average molecular weight is 297 g/mol. The molecule has 0 spiro atoms. The molecule has 114 valence electrons. The highest BCUT2D eigenvalue weighted by molar-refractivity contribution is 5.93. The number of nitrogens with two attached hydrogens (primary N) is 1. The van der Waals surface area contributed by atoms with E-state index in [0.717, 1.165) is 11.0 Å². The van der Waals surface area contributed by atoms with Crippen LogP contribution < -0.4 is 11.1 Å². The van der Waals surface area contributed by atoms with Gasteiger partial charge < -0.3 is 16.2 Å². The lowest BCUT2D eigenvalue weighted by Crippen LogP contribution is -2.41. The molecule has 0 atom stereocenters. The van der Waals surface area contributed by atoms with Crippen molar-refractivity contribution < 1.29 is 23.9 Å². The third-order valence-corrected chi connectivity index (χ3v) is 2.56. The minimum Gasteiger partial charge on any atom is -0.480 e. The highest BCUT2D eigenvalue weighted by Crippen LogP contribution is 2.13. The molecular weight excluding hydrogens is 281 g/mol. The first-order chi connectivity index (χ1) is 9.77. The van der Waals surface area contributed by atoms with Gasteiger partial charge in [-0.05, 0) is 24.6 Å². The lowest BCUT2D eigenvalue weighted by Gasteiger charge is -2.17. The van der Waals surface area contributed by atoms with Crippen LogP contribution in [-0.2, 0) is 14.4 Å².